The summed E-state index contributed by atoms with van der Waals surface area (Å²) < 4.78 is 32.1. The lowest BCUT2D eigenvalue weighted by Gasteiger charge is -2.45. The van der Waals surface area contributed by atoms with Gasteiger partial charge < -0.3 is 29.7 Å². The van der Waals surface area contributed by atoms with Gasteiger partial charge in [-0.25, -0.2) is 12.7 Å². The van der Waals surface area contributed by atoms with E-state index in [1.165, 1.54) is 10.5 Å². The molecular weight excluding hydrogens is 640 g/mol. The summed E-state index contributed by atoms with van der Waals surface area (Å²) in [5.74, 6) is 0.726. The zero-order valence-corrected chi connectivity index (χ0v) is 29.0. The van der Waals surface area contributed by atoms with Crippen LogP contribution >= 0.6 is 11.6 Å². The lowest BCUT2D eigenvalue weighted by Crippen LogP contribution is -2.57. The number of H-pyrrole nitrogens is 1. The molecule has 0 spiro atoms. The molecule has 11 nitrogen and oxygen atoms in total. The average Bonchev–Trinajstić information content (AvgIpc) is 3.74. The van der Waals surface area contributed by atoms with Crippen LogP contribution < -0.4 is 15.0 Å². The van der Waals surface area contributed by atoms with Gasteiger partial charge in [-0.1, -0.05) is 17.7 Å². The quantitative estimate of drug-likeness (QED) is 0.372. The van der Waals surface area contributed by atoms with Gasteiger partial charge in [0.25, 0.3) is 11.8 Å². The Kier molecular flexibility index (Phi) is 10.1. The van der Waals surface area contributed by atoms with E-state index < -0.39 is 10.0 Å². The molecule has 1 atom stereocenters. The first-order valence-electron chi connectivity index (χ1n) is 16.5. The first-order valence-corrected chi connectivity index (χ1v) is 18.4. The van der Waals surface area contributed by atoms with Gasteiger partial charge in [-0.3, -0.25) is 9.59 Å². The molecule has 13 heteroatoms. The number of aromatic amines is 1. The number of halogens is 1. The number of anilines is 1. The minimum atomic E-state index is -3.19. The van der Waals surface area contributed by atoms with Crippen LogP contribution in [0.25, 0.3) is 10.9 Å². The van der Waals surface area contributed by atoms with E-state index in [0.717, 1.165) is 74.7 Å². The predicted octanol–water partition coefficient (Wildman–Crippen LogP) is 3.72. The normalized spacial score (nSPS) is 22.6. The molecule has 5 aliphatic heterocycles. The first kappa shape index (κ1) is 33.7. The van der Waals surface area contributed by atoms with Crippen molar-refractivity contribution >= 4 is 50.0 Å². The first-order chi connectivity index (χ1) is 22.5. The molecule has 2 bridgehead atoms. The van der Waals surface area contributed by atoms with Crippen molar-refractivity contribution in [1.82, 2.24) is 24.4 Å². The van der Waals surface area contributed by atoms with Gasteiger partial charge >= 0.3 is 0 Å². The molecule has 6 heterocycles. The molecule has 254 valence electrons. The molecule has 0 aliphatic carbocycles. The van der Waals surface area contributed by atoms with Gasteiger partial charge in [-0.2, -0.15) is 0 Å². The van der Waals surface area contributed by atoms with Gasteiger partial charge in [0.15, 0.2) is 12.4 Å². The summed E-state index contributed by atoms with van der Waals surface area (Å²) in [7, 11) is 2.59. The molecule has 0 radical (unpaired) electrons. The van der Waals surface area contributed by atoms with Crippen molar-refractivity contribution < 1.29 is 22.7 Å². The fourth-order valence-electron chi connectivity index (χ4n) is 7.02. The van der Waals surface area contributed by atoms with Crippen molar-refractivity contribution in [3.63, 3.8) is 0 Å². The van der Waals surface area contributed by atoms with E-state index in [0.29, 0.717) is 41.0 Å². The van der Waals surface area contributed by atoms with Crippen molar-refractivity contribution in [3.8, 4) is 5.75 Å². The highest BCUT2D eigenvalue weighted by Crippen LogP contribution is 2.38. The zero-order chi connectivity index (χ0) is 33.3. The Morgan fingerprint density at radius 3 is 2.53 bits per heavy atom. The number of aromatic nitrogens is 1. The summed E-state index contributed by atoms with van der Waals surface area (Å²) in [4.78, 5) is 33.9. The summed E-state index contributed by atoms with van der Waals surface area (Å²) in [6, 6.07) is 9.37. The Labute approximate surface area is 282 Å². The second-order valence-corrected chi connectivity index (χ2v) is 15.8. The molecule has 0 saturated carbocycles. The van der Waals surface area contributed by atoms with E-state index >= 15 is 0 Å². The maximum atomic E-state index is 12.8. The van der Waals surface area contributed by atoms with Crippen LogP contribution in [0.4, 0.5) is 5.69 Å². The largest absolute Gasteiger partial charge is 0.481 e. The summed E-state index contributed by atoms with van der Waals surface area (Å²) in [5.41, 5.74) is 4.12. The highest BCUT2D eigenvalue weighted by molar-refractivity contribution is 7.88. The lowest BCUT2D eigenvalue weighted by molar-refractivity contribution is -0.121. The number of hydrogen-bond donors (Lipinski definition) is 2. The van der Waals surface area contributed by atoms with Crippen LogP contribution in [0.2, 0.25) is 5.02 Å². The Bertz CT molecular complexity index is 1730. The molecule has 47 heavy (non-hydrogen) atoms. The molecule has 5 aliphatic rings. The number of carbonyl (C=O) groups is 2. The number of rotatable bonds is 8. The smallest absolute Gasteiger partial charge is 0.264 e. The summed E-state index contributed by atoms with van der Waals surface area (Å²) in [6.45, 7) is 5.40. The van der Waals surface area contributed by atoms with Gasteiger partial charge in [0.1, 0.15) is 0 Å². The van der Waals surface area contributed by atoms with Crippen LogP contribution in [-0.4, -0.2) is 112 Å². The fourth-order valence-corrected chi connectivity index (χ4v) is 8.83. The summed E-state index contributed by atoms with van der Waals surface area (Å²) in [6.07, 6.45) is 7.20. The lowest BCUT2D eigenvalue weighted by atomic mass is 9.84. The zero-order valence-electron chi connectivity index (χ0n) is 27.4. The standard InChI is InChI=1S/C17H20ClN3O3.C17H25N3O2S/c1-20-14-7-11(18)6-12(16(14)24-9-15(20)22)17(23)19-13-8-21-4-2-10(13)3-5-21;1-19(2)10-7-15-12-18-17-6-5-14(11-16(15)17)13-23(21,22)20-8-3-4-9-20/h6-7,10,13H,2-5,8-9H2,1H3,(H,19,23);5-6,11-12,18H,3-4,7-10,13H2,1-2H3. The minimum Gasteiger partial charge on any atom is -0.481 e. The Hall–Kier alpha value is -3.16. The molecular formula is C34H45ClN6O5S. The number of amides is 2. The maximum Gasteiger partial charge on any atom is 0.264 e. The van der Waals surface area contributed by atoms with Crippen LogP contribution in [0, 0.1) is 5.92 Å². The Morgan fingerprint density at radius 1 is 1.11 bits per heavy atom. The monoisotopic (exact) mass is 684 g/mol. The molecule has 1 unspecified atom stereocenters. The summed E-state index contributed by atoms with van der Waals surface area (Å²) in [5, 5.41) is 4.70. The van der Waals surface area contributed by atoms with Gasteiger partial charge in [0.05, 0.1) is 17.0 Å². The number of nitrogens with zero attached hydrogens (tertiary/aromatic N) is 4. The van der Waals surface area contributed by atoms with Crippen LogP contribution in [0.5, 0.6) is 5.75 Å². The molecule has 2 aromatic carbocycles. The molecule has 3 aromatic rings. The van der Waals surface area contributed by atoms with E-state index in [1.54, 1.807) is 23.5 Å². The third-order valence-electron chi connectivity index (χ3n) is 9.79. The number of nitrogens with one attached hydrogen (secondary N) is 2. The SMILES string of the molecule is CN(C)CCc1c[nH]c2ccc(CS(=O)(=O)N3CCCC3)cc12.CN1C(=O)COc2c(C(=O)NC3CN4CCC3CC4)cc(Cl)cc21. The topological polar surface area (TPSA) is 118 Å². The number of piperidine rings is 3. The van der Waals surface area contributed by atoms with E-state index in [2.05, 4.69) is 34.2 Å². The number of sulfonamides is 1. The third-order valence-corrected chi connectivity index (χ3v) is 11.9. The van der Waals surface area contributed by atoms with E-state index in [9.17, 15) is 18.0 Å². The molecule has 4 saturated heterocycles. The van der Waals surface area contributed by atoms with Crippen LogP contribution in [0.15, 0.2) is 36.5 Å². The highest BCUT2D eigenvalue weighted by atomic mass is 35.5. The molecule has 1 aromatic heterocycles. The number of benzene rings is 2. The second-order valence-electron chi connectivity index (χ2n) is 13.4. The predicted molar refractivity (Wildman–Crippen MR) is 185 cm³/mol. The molecule has 8 rings (SSSR count). The van der Waals surface area contributed by atoms with Crippen LogP contribution in [0.1, 0.15) is 47.2 Å². The second kappa shape index (κ2) is 14.1. The minimum absolute atomic E-state index is 0.0642. The number of carbonyl (C=O) groups excluding carboxylic acids is 2. The van der Waals surface area contributed by atoms with Crippen LogP contribution in [0.3, 0.4) is 0 Å². The summed E-state index contributed by atoms with van der Waals surface area (Å²) >= 11 is 6.16. The Morgan fingerprint density at radius 2 is 1.85 bits per heavy atom. The van der Waals surface area contributed by atoms with Crippen molar-refractivity contribution in [2.45, 2.75) is 43.9 Å². The van der Waals surface area contributed by atoms with E-state index in [1.807, 2.05) is 24.4 Å². The highest BCUT2D eigenvalue weighted by Gasteiger charge is 2.36. The average molecular weight is 685 g/mol. The van der Waals surface area contributed by atoms with Gasteiger partial charge in [0.2, 0.25) is 10.0 Å². The van der Waals surface area contributed by atoms with Gasteiger partial charge in [-0.15, -0.1) is 0 Å². The molecule has 4 fully saturated rings. The Balaban J connectivity index is 0.000000165. The molecule has 2 N–H and O–H groups in total. The maximum absolute atomic E-state index is 12.8. The number of fused-ring (bicyclic) bond motifs is 5. The fraction of sp³-hybridized carbons (Fsp3) is 0.529. The van der Waals surface area contributed by atoms with Crippen LogP contribution in [-0.2, 0) is 27.0 Å². The molecule has 2 amide bonds. The van der Waals surface area contributed by atoms with Crippen molar-refractivity contribution in [3.05, 3.63) is 58.2 Å². The van der Waals surface area contributed by atoms with E-state index in [-0.39, 0.29) is 30.2 Å². The van der Waals surface area contributed by atoms with Gasteiger partial charge in [0, 0.05) is 61.4 Å². The van der Waals surface area contributed by atoms with Crippen molar-refractivity contribution in [2.24, 2.45) is 5.92 Å². The van der Waals surface area contributed by atoms with Crippen molar-refractivity contribution in [2.75, 3.05) is 71.9 Å². The number of hydrogen-bond acceptors (Lipinski definition) is 7. The third kappa shape index (κ3) is 7.62. The van der Waals surface area contributed by atoms with E-state index in [4.69, 9.17) is 16.3 Å². The van der Waals surface area contributed by atoms with Crippen molar-refractivity contribution in [1.29, 1.82) is 0 Å². The number of ether oxygens (including phenoxy) is 1. The van der Waals surface area contributed by atoms with Gasteiger partial charge in [-0.05, 0) is 101 Å². The number of likely N-dealkylation sites (N-methyl/N-ethyl adjacent to an activating group) is 2.